The zero-order valence-electron chi connectivity index (χ0n) is 36.9. The number of carbonyl (C=O) groups is 1. The molecular formula is C50H66N2O10. The Morgan fingerprint density at radius 3 is 2.31 bits per heavy atom. The molecule has 0 bridgehead atoms. The van der Waals surface area contributed by atoms with Crippen LogP contribution in [0.1, 0.15) is 84.1 Å². The van der Waals surface area contributed by atoms with Gasteiger partial charge in [0, 0.05) is 37.7 Å². The summed E-state index contributed by atoms with van der Waals surface area (Å²) in [6, 6.07) is 23.4. The normalized spacial score (nSPS) is 23.4. The Hall–Kier alpha value is -4.72. The molecular weight excluding hydrogens is 789 g/mol. The molecule has 3 aromatic carbocycles. The summed E-state index contributed by atoms with van der Waals surface area (Å²) in [7, 11) is 0. The maximum absolute atomic E-state index is 14.2. The van der Waals surface area contributed by atoms with Gasteiger partial charge in [-0.3, -0.25) is 4.90 Å². The highest BCUT2D eigenvalue weighted by Gasteiger charge is 2.65. The van der Waals surface area contributed by atoms with Gasteiger partial charge in [0.2, 0.25) is 5.79 Å². The first-order valence-corrected chi connectivity index (χ1v) is 22.3. The Labute approximate surface area is 367 Å². The van der Waals surface area contributed by atoms with Crippen LogP contribution in [0.25, 0.3) is 11.1 Å². The van der Waals surface area contributed by atoms with E-state index in [1.165, 1.54) is 0 Å². The second-order valence-electron chi connectivity index (χ2n) is 17.2. The van der Waals surface area contributed by atoms with Gasteiger partial charge in [-0.1, -0.05) is 72.6 Å². The van der Waals surface area contributed by atoms with E-state index in [0.29, 0.717) is 35.8 Å². The highest BCUT2D eigenvalue weighted by atomic mass is 16.7. The summed E-state index contributed by atoms with van der Waals surface area (Å²) in [6.07, 6.45) is 8.22. The molecule has 62 heavy (non-hydrogen) atoms. The van der Waals surface area contributed by atoms with Crippen molar-refractivity contribution < 1.29 is 48.6 Å². The number of amides is 1. The molecule has 0 saturated heterocycles. The molecule has 12 heteroatoms. The lowest BCUT2D eigenvalue weighted by Crippen LogP contribution is -2.70. The van der Waals surface area contributed by atoms with Crippen LogP contribution in [-0.4, -0.2) is 102 Å². The molecule has 0 radical (unpaired) electrons. The molecule has 6 rings (SSSR count). The molecule has 12 nitrogen and oxygen atoms in total. The number of fused-ring (bicyclic) bond motifs is 2. The van der Waals surface area contributed by atoms with E-state index in [9.17, 15) is 20.1 Å². The van der Waals surface area contributed by atoms with E-state index in [4.69, 9.17) is 33.7 Å². The van der Waals surface area contributed by atoms with Crippen molar-refractivity contribution in [1.82, 2.24) is 4.90 Å². The Balaban J connectivity index is 1.55. The minimum Gasteiger partial charge on any atom is -0.459 e. The van der Waals surface area contributed by atoms with E-state index in [1.54, 1.807) is 17.9 Å². The van der Waals surface area contributed by atoms with E-state index >= 15 is 0 Å². The van der Waals surface area contributed by atoms with Gasteiger partial charge in [0.1, 0.15) is 28.9 Å². The van der Waals surface area contributed by atoms with E-state index in [2.05, 4.69) is 43.0 Å². The smallest absolute Gasteiger partial charge is 0.410 e. The van der Waals surface area contributed by atoms with E-state index < -0.39 is 29.4 Å². The first-order chi connectivity index (χ1) is 30.1. The van der Waals surface area contributed by atoms with Gasteiger partial charge in [-0.05, 0) is 112 Å². The number of aliphatic hydroxyl groups is 3. The first kappa shape index (κ1) is 46.8. The van der Waals surface area contributed by atoms with Gasteiger partial charge < -0.3 is 43.8 Å². The summed E-state index contributed by atoms with van der Waals surface area (Å²) < 4.78 is 32.4. The minimum atomic E-state index is -1.46. The highest BCUT2D eigenvalue weighted by molar-refractivity contribution is 6.03. The van der Waals surface area contributed by atoms with Crippen molar-refractivity contribution in [2.75, 3.05) is 52.8 Å². The number of aliphatic hydroxyl groups excluding tert-OH is 3. The molecule has 2 aliphatic carbocycles. The highest BCUT2D eigenvalue weighted by Crippen LogP contribution is 2.62. The van der Waals surface area contributed by atoms with Gasteiger partial charge in [-0.2, -0.15) is 0 Å². The van der Waals surface area contributed by atoms with Crippen molar-refractivity contribution in [2.45, 2.75) is 96.0 Å². The molecule has 336 valence electrons. The molecule has 1 fully saturated rings. The number of hydrogen-bond donors (Lipinski definition) is 3. The van der Waals surface area contributed by atoms with Gasteiger partial charge in [-0.15, -0.1) is 6.58 Å². The van der Waals surface area contributed by atoms with Gasteiger partial charge >= 0.3 is 6.09 Å². The van der Waals surface area contributed by atoms with Gasteiger partial charge in [0.05, 0.1) is 44.7 Å². The fourth-order valence-corrected chi connectivity index (χ4v) is 9.30. The van der Waals surface area contributed by atoms with Crippen molar-refractivity contribution in [3.63, 3.8) is 0 Å². The standard InChI is InChI=1S/C50H66N2O10/c1-6-29-59-50-45(52(48(56)58-7-2)25-30-57-31-28-55)34-43(51-62-49(3,4)5)41-32-37(17-11-13-26-53)40(18-12-14-27-54)46(47(41)50)42-33-39(23-24-44(42)61-50)60-38-21-19-36(20-22-38)35-15-9-8-10-16-35/h6,8-10,15-16,19-24,32-33,37,40,45-47,53-55H,1,7,11-14,17-18,25-31,34H2,2-5H3/t37-,40+,45-,46+,47+,50+/m0/s1. The number of hydrogen-bond acceptors (Lipinski definition) is 11. The molecule has 3 N–H and O–H groups in total. The van der Waals surface area contributed by atoms with E-state index in [0.717, 1.165) is 47.9 Å². The van der Waals surface area contributed by atoms with Crippen molar-refractivity contribution in [3.05, 3.63) is 103 Å². The molecule has 0 aromatic heterocycles. The second-order valence-corrected chi connectivity index (χ2v) is 17.2. The number of rotatable bonds is 22. The Morgan fingerprint density at radius 1 is 0.919 bits per heavy atom. The third-order valence-electron chi connectivity index (χ3n) is 11.9. The summed E-state index contributed by atoms with van der Waals surface area (Å²) in [5, 5.41) is 34.3. The fourth-order valence-electron chi connectivity index (χ4n) is 9.30. The largest absolute Gasteiger partial charge is 0.459 e. The van der Waals surface area contributed by atoms with Crippen LogP contribution in [0.5, 0.6) is 17.2 Å². The van der Waals surface area contributed by atoms with Crippen LogP contribution in [0.4, 0.5) is 4.79 Å². The third kappa shape index (κ3) is 11.1. The third-order valence-corrected chi connectivity index (χ3v) is 11.9. The monoisotopic (exact) mass is 854 g/mol. The summed E-state index contributed by atoms with van der Waals surface area (Å²) in [6.45, 7) is 12.3. The van der Waals surface area contributed by atoms with Crippen LogP contribution in [0.2, 0.25) is 0 Å². The number of carbonyl (C=O) groups excluding carboxylic acids is 1. The summed E-state index contributed by atoms with van der Waals surface area (Å²) in [4.78, 5) is 22.0. The Bertz CT molecular complexity index is 1960. The van der Waals surface area contributed by atoms with Crippen LogP contribution in [-0.2, 0) is 19.0 Å². The first-order valence-electron chi connectivity index (χ1n) is 22.3. The fraction of sp³-hybridized carbons (Fsp3) is 0.520. The zero-order chi connectivity index (χ0) is 44.1. The quantitative estimate of drug-likeness (QED) is 0.0508. The Morgan fingerprint density at radius 2 is 1.63 bits per heavy atom. The Kier molecular flexibility index (Phi) is 16.6. The number of unbranched alkanes of at least 4 members (excludes halogenated alkanes) is 2. The number of nitrogens with zero attached hydrogens (tertiary/aromatic N) is 2. The van der Waals surface area contributed by atoms with Crippen LogP contribution in [0.3, 0.4) is 0 Å². The van der Waals surface area contributed by atoms with Crippen LogP contribution >= 0.6 is 0 Å². The number of ether oxygens (including phenoxy) is 5. The predicted molar refractivity (Wildman–Crippen MR) is 239 cm³/mol. The van der Waals surface area contributed by atoms with Gasteiger partial charge in [0.15, 0.2) is 0 Å². The molecule has 1 amide bonds. The average Bonchev–Trinajstić information content (AvgIpc) is 3.27. The van der Waals surface area contributed by atoms with Crippen molar-refractivity contribution in [3.8, 4) is 28.4 Å². The zero-order valence-corrected chi connectivity index (χ0v) is 36.9. The minimum absolute atomic E-state index is 0.0382. The molecule has 3 aliphatic rings. The lowest BCUT2D eigenvalue weighted by atomic mass is 9.55. The second kappa shape index (κ2) is 22.1. The van der Waals surface area contributed by atoms with Crippen LogP contribution < -0.4 is 9.47 Å². The molecule has 1 aliphatic heterocycles. The summed E-state index contributed by atoms with van der Waals surface area (Å²) in [5.74, 6) is -0.133. The average molecular weight is 855 g/mol. The lowest BCUT2D eigenvalue weighted by Gasteiger charge is -2.59. The van der Waals surface area contributed by atoms with Gasteiger partial charge in [0.25, 0.3) is 0 Å². The van der Waals surface area contributed by atoms with Crippen molar-refractivity contribution in [2.24, 2.45) is 22.9 Å². The van der Waals surface area contributed by atoms with Crippen LogP contribution in [0.15, 0.2) is 102 Å². The number of allylic oxidation sites excluding steroid dienone is 1. The summed E-state index contributed by atoms with van der Waals surface area (Å²) >= 11 is 0. The lowest BCUT2D eigenvalue weighted by molar-refractivity contribution is -0.256. The molecule has 0 unspecified atom stereocenters. The summed E-state index contributed by atoms with van der Waals surface area (Å²) in [5.41, 5.74) is 4.16. The molecule has 0 spiro atoms. The van der Waals surface area contributed by atoms with Crippen molar-refractivity contribution in [1.29, 1.82) is 0 Å². The van der Waals surface area contributed by atoms with E-state index in [-0.39, 0.29) is 77.0 Å². The van der Waals surface area contributed by atoms with E-state index in [1.807, 2.05) is 63.2 Å². The molecule has 1 saturated carbocycles. The molecule has 1 heterocycles. The maximum atomic E-state index is 14.2. The maximum Gasteiger partial charge on any atom is 0.410 e. The number of oxime groups is 1. The SMILES string of the molecule is C=CCO[C@@]12Oc3ccc(Oc4ccc(-c5ccccc5)cc4)cc3[C@H]3[C@H](CCCCO)[C@@H](CCCCO)C=C(C(=NOC(C)(C)C)C[C@@H]1N(CCOCCO)C(=O)OCC)[C@H]32. The van der Waals surface area contributed by atoms with Crippen LogP contribution in [0, 0.1) is 17.8 Å². The predicted octanol–water partition coefficient (Wildman–Crippen LogP) is 9.05. The molecule has 3 aromatic rings. The topological polar surface area (TPSA) is 149 Å². The van der Waals surface area contributed by atoms with Gasteiger partial charge in [-0.25, -0.2) is 4.79 Å². The molecule has 6 atom stereocenters. The number of benzene rings is 3. The van der Waals surface area contributed by atoms with Crippen molar-refractivity contribution >= 4 is 11.8 Å².